The van der Waals surface area contributed by atoms with Gasteiger partial charge in [-0.2, -0.15) is 0 Å². The second-order valence-electron chi connectivity index (χ2n) is 12.7. The maximum Gasteiger partial charge on any atom is 0.186 e. The molecule has 2 aliphatic rings. The van der Waals surface area contributed by atoms with Crippen molar-refractivity contribution in [3.63, 3.8) is 0 Å². The number of rotatable bonds is 16. The van der Waals surface area contributed by atoms with Gasteiger partial charge in [-0.05, 0) is 41.0 Å². The summed E-state index contributed by atoms with van der Waals surface area (Å²) in [5.41, 5.74) is 4.35. The molecule has 1 aliphatic carbocycles. The van der Waals surface area contributed by atoms with E-state index in [4.69, 9.17) is 28.4 Å². The molecular formula is C41H48O6. The highest BCUT2D eigenvalue weighted by atomic mass is 16.7. The van der Waals surface area contributed by atoms with Crippen LogP contribution in [0.3, 0.4) is 0 Å². The summed E-state index contributed by atoms with van der Waals surface area (Å²) in [6.07, 6.45) is 3.64. The summed E-state index contributed by atoms with van der Waals surface area (Å²) in [7, 11) is 0. The molecule has 0 bridgehead atoms. The van der Waals surface area contributed by atoms with E-state index in [1.54, 1.807) is 0 Å². The molecule has 5 atom stereocenters. The maximum atomic E-state index is 6.82. The fourth-order valence-electron chi connectivity index (χ4n) is 6.47. The fraction of sp³-hybridized carbons (Fsp3) is 0.415. The quantitative estimate of drug-likeness (QED) is 0.123. The van der Waals surface area contributed by atoms with Crippen LogP contribution in [-0.4, -0.2) is 43.9 Å². The van der Waals surface area contributed by atoms with Gasteiger partial charge in [0.2, 0.25) is 0 Å². The molecule has 0 amide bonds. The van der Waals surface area contributed by atoms with Crippen LogP contribution in [0.1, 0.15) is 54.4 Å². The molecule has 6 nitrogen and oxygen atoms in total. The van der Waals surface area contributed by atoms with E-state index in [9.17, 15) is 0 Å². The van der Waals surface area contributed by atoms with Crippen LogP contribution in [0.4, 0.5) is 0 Å². The molecule has 1 heterocycles. The van der Waals surface area contributed by atoms with Crippen LogP contribution in [0.25, 0.3) is 0 Å². The summed E-state index contributed by atoms with van der Waals surface area (Å²) >= 11 is 0. The average Bonchev–Trinajstić information content (AvgIpc) is 3.14. The molecule has 4 aromatic carbocycles. The Labute approximate surface area is 279 Å². The van der Waals surface area contributed by atoms with Gasteiger partial charge in [-0.1, -0.05) is 141 Å². The Morgan fingerprint density at radius 2 is 0.894 bits per heavy atom. The van der Waals surface area contributed by atoms with Gasteiger partial charge in [0.05, 0.1) is 39.6 Å². The van der Waals surface area contributed by atoms with Crippen molar-refractivity contribution in [3.05, 3.63) is 144 Å². The minimum atomic E-state index is -0.636. The van der Waals surface area contributed by atoms with Gasteiger partial charge in [0.1, 0.15) is 24.4 Å². The van der Waals surface area contributed by atoms with E-state index in [1.807, 2.05) is 72.8 Å². The lowest BCUT2D eigenvalue weighted by molar-refractivity contribution is -0.330. The molecule has 4 aromatic rings. The predicted molar refractivity (Wildman–Crippen MR) is 182 cm³/mol. The van der Waals surface area contributed by atoms with Crippen LogP contribution >= 0.6 is 0 Å². The Balaban J connectivity index is 1.27. The SMILES string of the molecule is c1ccc(COC[C@H]2O[C@H](OCC3CCCCC3)[C@@H](OCc3ccccc3)[C@@H](OCc3ccccc3)[C@@H]2OCc2ccccc2)cc1. The second-order valence-corrected chi connectivity index (χ2v) is 12.7. The Morgan fingerprint density at radius 3 is 1.40 bits per heavy atom. The van der Waals surface area contributed by atoms with Crippen molar-refractivity contribution < 1.29 is 28.4 Å². The van der Waals surface area contributed by atoms with Crippen molar-refractivity contribution in [3.8, 4) is 0 Å². The zero-order valence-corrected chi connectivity index (χ0v) is 27.2. The van der Waals surface area contributed by atoms with E-state index in [-0.39, 0.29) is 0 Å². The largest absolute Gasteiger partial charge is 0.374 e. The first-order chi connectivity index (χ1) is 23.3. The average molecular weight is 637 g/mol. The molecule has 6 heteroatoms. The van der Waals surface area contributed by atoms with Crippen molar-refractivity contribution in [2.75, 3.05) is 13.2 Å². The standard InChI is InChI=1S/C41H48O6/c1-6-16-32(17-7-1)26-42-31-37-38(43-27-33-18-8-2-9-19-33)39(44-28-34-20-10-3-11-21-34)40(45-29-35-22-12-4-13-23-35)41(47-37)46-30-36-24-14-5-15-25-36/h1-4,6-13,16-23,36-41H,5,14-15,24-31H2/t37-,38-,39+,40+,41+/m1/s1. The zero-order valence-electron chi connectivity index (χ0n) is 27.2. The van der Waals surface area contributed by atoms with Gasteiger partial charge in [-0.3, -0.25) is 0 Å². The molecule has 1 aliphatic heterocycles. The molecule has 1 saturated carbocycles. The first-order valence-corrected chi connectivity index (χ1v) is 17.2. The van der Waals surface area contributed by atoms with E-state index < -0.39 is 30.7 Å². The van der Waals surface area contributed by atoms with E-state index in [2.05, 4.69) is 48.5 Å². The van der Waals surface area contributed by atoms with Crippen LogP contribution in [-0.2, 0) is 54.8 Å². The smallest absolute Gasteiger partial charge is 0.186 e. The highest BCUT2D eigenvalue weighted by molar-refractivity contribution is 5.16. The van der Waals surface area contributed by atoms with Crippen LogP contribution in [0, 0.1) is 5.92 Å². The Bertz CT molecular complexity index is 1400. The lowest BCUT2D eigenvalue weighted by atomic mass is 9.90. The first kappa shape index (κ1) is 33.5. The molecule has 0 unspecified atom stereocenters. The fourth-order valence-corrected chi connectivity index (χ4v) is 6.47. The van der Waals surface area contributed by atoms with Crippen molar-refractivity contribution in [1.82, 2.24) is 0 Å². The van der Waals surface area contributed by atoms with E-state index in [0.717, 1.165) is 22.3 Å². The lowest BCUT2D eigenvalue weighted by Crippen LogP contribution is -2.62. The maximum absolute atomic E-state index is 6.82. The summed E-state index contributed by atoms with van der Waals surface area (Å²) in [6.45, 7) is 2.67. The van der Waals surface area contributed by atoms with Crippen LogP contribution in [0.5, 0.6) is 0 Å². The molecule has 0 radical (unpaired) electrons. The van der Waals surface area contributed by atoms with E-state index in [0.29, 0.717) is 45.6 Å². The van der Waals surface area contributed by atoms with E-state index in [1.165, 1.54) is 32.1 Å². The lowest BCUT2D eigenvalue weighted by Gasteiger charge is -2.46. The van der Waals surface area contributed by atoms with Crippen molar-refractivity contribution in [1.29, 1.82) is 0 Å². The monoisotopic (exact) mass is 636 g/mol. The number of hydrogen-bond acceptors (Lipinski definition) is 6. The van der Waals surface area contributed by atoms with Crippen LogP contribution in [0.2, 0.25) is 0 Å². The molecule has 0 N–H and O–H groups in total. The molecular weight excluding hydrogens is 588 g/mol. The van der Waals surface area contributed by atoms with Gasteiger partial charge < -0.3 is 28.4 Å². The summed E-state index contributed by atoms with van der Waals surface area (Å²) in [5, 5.41) is 0. The highest BCUT2D eigenvalue weighted by Gasteiger charge is 2.49. The summed E-state index contributed by atoms with van der Waals surface area (Å²) in [5.74, 6) is 0.519. The highest BCUT2D eigenvalue weighted by Crippen LogP contribution is 2.33. The summed E-state index contributed by atoms with van der Waals surface area (Å²) in [4.78, 5) is 0. The summed E-state index contributed by atoms with van der Waals surface area (Å²) in [6, 6.07) is 40.9. The van der Waals surface area contributed by atoms with Gasteiger partial charge >= 0.3 is 0 Å². The van der Waals surface area contributed by atoms with E-state index >= 15 is 0 Å². The van der Waals surface area contributed by atoms with Crippen LogP contribution < -0.4 is 0 Å². The molecule has 6 rings (SSSR count). The van der Waals surface area contributed by atoms with Gasteiger partial charge in [-0.15, -0.1) is 0 Å². The topological polar surface area (TPSA) is 55.4 Å². The van der Waals surface area contributed by atoms with Gasteiger partial charge in [0.15, 0.2) is 6.29 Å². The predicted octanol–water partition coefficient (Wildman–Crippen LogP) is 8.28. The molecule has 248 valence electrons. The van der Waals surface area contributed by atoms with Crippen LogP contribution in [0.15, 0.2) is 121 Å². The van der Waals surface area contributed by atoms with Gasteiger partial charge in [-0.25, -0.2) is 0 Å². The minimum absolute atomic E-state index is 0.328. The third-order valence-corrected chi connectivity index (χ3v) is 9.06. The van der Waals surface area contributed by atoms with Crippen molar-refractivity contribution in [2.45, 2.75) is 89.2 Å². The van der Waals surface area contributed by atoms with Gasteiger partial charge in [0.25, 0.3) is 0 Å². The Kier molecular flexibility index (Phi) is 13.0. The minimum Gasteiger partial charge on any atom is -0.374 e. The molecule has 2 fully saturated rings. The van der Waals surface area contributed by atoms with Crippen molar-refractivity contribution >= 4 is 0 Å². The zero-order chi connectivity index (χ0) is 31.9. The number of ether oxygens (including phenoxy) is 6. The number of hydrogen-bond donors (Lipinski definition) is 0. The molecule has 47 heavy (non-hydrogen) atoms. The Hall–Kier alpha value is -3.36. The van der Waals surface area contributed by atoms with Crippen molar-refractivity contribution in [2.24, 2.45) is 5.92 Å². The molecule has 1 saturated heterocycles. The second kappa shape index (κ2) is 18.3. The van der Waals surface area contributed by atoms with Gasteiger partial charge in [0, 0.05) is 0 Å². The summed E-state index contributed by atoms with van der Waals surface area (Å²) < 4.78 is 40.1. The molecule has 0 aromatic heterocycles. The Morgan fingerprint density at radius 1 is 0.447 bits per heavy atom. The number of benzene rings is 4. The third-order valence-electron chi connectivity index (χ3n) is 9.06. The molecule has 0 spiro atoms. The third kappa shape index (κ3) is 10.3. The normalized spacial score (nSPS) is 23.4. The first-order valence-electron chi connectivity index (χ1n) is 17.2.